The number of fused-ring (bicyclic) bond motifs is 3. The largest absolute Gasteiger partial charge is 0.416 e. The Kier molecular flexibility index (Phi) is 4.60. The molecule has 1 aromatic heterocycles. The molecule has 0 saturated heterocycles. The van der Waals surface area contributed by atoms with Gasteiger partial charge in [-0.15, -0.1) is 11.3 Å². The first-order valence-corrected chi connectivity index (χ1v) is 10.5. The first kappa shape index (κ1) is 19.5. The van der Waals surface area contributed by atoms with Crippen molar-refractivity contribution in [3.05, 3.63) is 51.4 Å². The molecule has 4 rings (SSSR count). The van der Waals surface area contributed by atoms with Crippen LogP contribution in [0.4, 0.5) is 18.2 Å². The number of rotatable bonds is 1. The van der Waals surface area contributed by atoms with Gasteiger partial charge in [0.15, 0.2) is 0 Å². The molecule has 1 aliphatic carbocycles. The molecule has 0 bridgehead atoms. The summed E-state index contributed by atoms with van der Waals surface area (Å²) in [5, 5.41) is 3.90. The highest BCUT2D eigenvalue weighted by atomic mass is 32.1. The average molecular weight is 408 g/mol. The molecule has 28 heavy (non-hydrogen) atoms. The van der Waals surface area contributed by atoms with E-state index in [4.69, 9.17) is 0 Å². The number of carbonyl (C=O) groups excluding carboxylic acids is 1. The van der Waals surface area contributed by atoms with Gasteiger partial charge in [0.25, 0.3) is 0 Å². The van der Waals surface area contributed by atoms with E-state index in [0.29, 0.717) is 5.92 Å². The summed E-state index contributed by atoms with van der Waals surface area (Å²) in [4.78, 5) is 13.6. The summed E-state index contributed by atoms with van der Waals surface area (Å²) in [6, 6.07) is 5.30. The highest BCUT2D eigenvalue weighted by Gasteiger charge is 2.37. The number of benzene rings is 1. The minimum Gasteiger partial charge on any atom is -0.317 e. The zero-order chi connectivity index (χ0) is 20.3. The first-order valence-electron chi connectivity index (χ1n) is 9.65. The lowest BCUT2D eigenvalue weighted by Gasteiger charge is -2.34. The molecule has 2 aromatic rings. The Hall–Kier alpha value is -1.82. The Morgan fingerprint density at radius 2 is 1.75 bits per heavy atom. The Labute approximate surface area is 167 Å². The van der Waals surface area contributed by atoms with Gasteiger partial charge < -0.3 is 5.32 Å². The molecule has 0 saturated carbocycles. The third-order valence-electron chi connectivity index (χ3n) is 6.16. The summed E-state index contributed by atoms with van der Waals surface area (Å²) >= 11 is 1.66. The number of alkyl halides is 3. The van der Waals surface area contributed by atoms with Crippen LogP contribution < -0.4 is 5.32 Å². The van der Waals surface area contributed by atoms with Crippen molar-refractivity contribution in [2.75, 3.05) is 5.32 Å². The van der Waals surface area contributed by atoms with E-state index in [1.165, 1.54) is 22.6 Å². The Bertz CT molecular complexity index is 906. The maximum atomic E-state index is 12.9. The van der Waals surface area contributed by atoms with Crippen LogP contribution in [-0.2, 0) is 23.8 Å². The molecule has 6 heteroatoms. The van der Waals surface area contributed by atoms with E-state index in [1.54, 1.807) is 11.3 Å². The fourth-order valence-corrected chi connectivity index (χ4v) is 5.87. The summed E-state index contributed by atoms with van der Waals surface area (Å²) in [6.07, 6.45) is -0.989. The minimum atomic E-state index is -4.35. The van der Waals surface area contributed by atoms with E-state index in [1.807, 2.05) is 0 Å². The lowest BCUT2D eigenvalue weighted by Crippen LogP contribution is -2.27. The van der Waals surface area contributed by atoms with E-state index in [-0.39, 0.29) is 23.7 Å². The van der Waals surface area contributed by atoms with Gasteiger partial charge >= 0.3 is 6.18 Å². The topological polar surface area (TPSA) is 29.1 Å². The predicted molar refractivity (Wildman–Crippen MR) is 106 cm³/mol. The monoisotopic (exact) mass is 407 g/mol. The second-order valence-corrected chi connectivity index (χ2v) is 10.1. The smallest absolute Gasteiger partial charge is 0.317 e. The van der Waals surface area contributed by atoms with Crippen LogP contribution in [0.2, 0.25) is 0 Å². The van der Waals surface area contributed by atoms with Crippen LogP contribution in [-0.4, -0.2) is 5.91 Å². The summed E-state index contributed by atoms with van der Waals surface area (Å²) in [6.45, 7) is 6.80. The van der Waals surface area contributed by atoms with Crippen molar-refractivity contribution in [2.24, 2.45) is 11.3 Å². The molecule has 0 fully saturated rings. The fourth-order valence-electron chi connectivity index (χ4n) is 4.47. The fraction of sp³-hybridized carbons (Fsp3) is 0.500. The number of anilines is 1. The minimum absolute atomic E-state index is 0.0663. The average Bonchev–Trinajstić information content (AvgIpc) is 2.96. The van der Waals surface area contributed by atoms with Gasteiger partial charge in [-0.05, 0) is 59.4 Å². The van der Waals surface area contributed by atoms with Crippen LogP contribution in [0.1, 0.15) is 66.7 Å². The standard InChI is InChI=1S/C22H24F3NOS/c1-21(2,3)14-8-9-15-17(10-14)28-20-19(15)16(11-18(27)26-20)12-4-6-13(7-5-12)22(23,24)25/h4-7,14,16H,8-11H2,1-3H3,(H,26,27)/t14-,16-/m0/s1. The first-order chi connectivity index (χ1) is 13.0. The molecule has 0 spiro atoms. The van der Waals surface area contributed by atoms with Crippen LogP contribution in [0.5, 0.6) is 0 Å². The third kappa shape index (κ3) is 3.47. The number of thiophene rings is 1. The van der Waals surface area contributed by atoms with Crippen LogP contribution in [0, 0.1) is 11.3 Å². The Morgan fingerprint density at radius 3 is 2.36 bits per heavy atom. The van der Waals surface area contributed by atoms with Gasteiger partial charge in [0.05, 0.1) is 10.6 Å². The van der Waals surface area contributed by atoms with E-state index < -0.39 is 11.7 Å². The molecule has 2 atom stereocenters. The van der Waals surface area contributed by atoms with Crippen LogP contribution in [0.15, 0.2) is 24.3 Å². The van der Waals surface area contributed by atoms with Crippen LogP contribution in [0.3, 0.4) is 0 Å². The van der Waals surface area contributed by atoms with Crippen LogP contribution in [0.25, 0.3) is 0 Å². The zero-order valence-electron chi connectivity index (χ0n) is 16.2. The maximum Gasteiger partial charge on any atom is 0.416 e. The molecule has 1 amide bonds. The normalized spacial score (nSPS) is 22.4. The van der Waals surface area contributed by atoms with Gasteiger partial charge in [0, 0.05) is 17.2 Å². The number of halogens is 3. The number of amides is 1. The van der Waals surface area contributed by atoms with Crippen molar-refractivity contribution in [1.29, 1.82) is 0 Å². The second-order valence-electron chi connectivity index (χ2n) is 8.98. The molecule has 1 aliphatic heterocycles. The molecule has 1 N–H and O–H groups in total. The van der Waals surface area contributed by atoms with Crippen LogP contribution >= 0.6 is 11.3 Å². The molecule has 2 nitrogen and oxygen atoms in total. The molecule has 2 aliphatic rings. The van der Waals surface area contributed by atoms with E-state index in [9.17, 15) is 18.0 Å². The number of nitrogens with one attached hydrogen (secondary N) is 1. The number of hydrogen-bond acceptors (Lipinski definition) is 2. The van der Waals surface area contributed by atoms with Gasteiger partial charge in [-0.2, -0.15) is 13.2 Å². The lowest BCUT2D eigenvalue weighted by molar-refractivity contribution is -0.137. The summed E-state index contributed by atoms with van der Waals surface area (Å²) in [7, 11) is 0. The van der Waals surface area contributed by atoms with Crippen molar-refractivity contribution < 1.29 is 18.0 Å². The Morgan fingerprint density at radius 1 is 1.07 bits per heavy atom. The summed E-state index contributed by atoms with van der Waals surface area (Å²) in [5.41, 5.74) is 2.80. The van der Waals surface area contributed by atoms with E-state index in [2.05, 4.69) is 26.1 Å². The van der Waals surface area contributed by atoms with Crippen molar-refractivity contribution in [3.8, 4) is 0 Å². The highest BCUT2D eigenvalue weighted by Crippen LogP contribution is 2.50. The summed E-state index contributed by atoms with van der Waals surface area (Å²) in [5.74, 6) is 0.362. The van der Waals surface area contributed by atoms with Crippen molar-refractivity contribution in [3.63, 3.8) is 0 Å². The summed E-state index contributed by atoms with van der Waals surface area (Å²) < 4.78 is 38.7. The van der Waals surface area contributed by atoms with E-state index in [0.717, 1.165) is 47.5 Å². The Balaban J connectivity index is 1.72. The molecule has 0 radical (unpaired) electrons. The molecule has 2 heterocycles. The van der Waals surface area contributed by atoms with Gasteiger partial charge in [-0.3, -0.25) is 4.79 Å². The lowest BCUT2D eigenvalue weighted by atomic mass is 9.71. The highest BCUT2D eigenvalue weighted by molar-refractivity contribution is 7.16. The SMILES string of the molecule is CC(C)(C)[C@H]1CCc2c(sc3c2[C@H](c2ccc(C(F)(F)F)cc2)CC(=O)N3)C1. The van der Waals surface area contributed by atoms with Crippen molar-refractivity contribution >= 4 is 22.2 Å². The molecule has 0 unspecified atom stereocenters. The molecular formula is C22H24F3NOS. The van der Waals surface area contributed by atoms with Gasteiger partial charge in [-0.1, -0.05) is 32.9 Å². The number of hydrogen-bond donors (Lipinski definition) is 1. The van der Waals surface area contributed by atoms with Gasteiger partial charge in [0.2, 0.25) is 5.91 Å². The zero-order valence-corrected chi connectivity index (χ0v) is 17.1. The van der Waals surface area contributed by atoms with Crippen molar-refractivity contribution in [1.82, 2.24) is 0 Å². The third-order valence-corrected chi connectivity index (χ3v) is 7.35. The number of carbonyl (C=O) groups is 1. The van der Waals surface area contributed by atoms with Gasteiger partial charge in [0.1, 0.15) is 0 Å². The van der Waals surface area contributed by atoms with Crippen molar-refractivity contribution in [2.45, 2.75) is 58.5 Å². The quantitative estimate of drug-likeness (QED) is 0.583. The molecule has 150 valence electrons. The molecule has 1 aromatic carbocycles. The predicted octanol–water partition coefficient (Wildman–Crippen LogP) is 6.39. The molecular weight excluding hydrogens is 383 g/mol. The second kappa shape index (κ2) is 6.61. The van der Waals surface area contributed by atoms with Gasteiger partial charge in [-0.25, -0.2) is 0 Å². The maximum absolute atomic E-state index is 12.9. The van der Waals surface area contributed by atoms with E-state index >= 15 is 0 Å².